The number of carbonyl (C=O) groups excluding carboxylic acids is 1. The Morgan fingerprint density at radius 3 is 2.30 bits per heavy atom. The molecule has 17 N–H and O–H groups in total. The molecule has 0 aromatic heterocycles. The topological polar surface area (TPSA) is 327 Å². The Morgan fingerprint density at radius 1 is 1.00 bits per heavy atom. The van der Waals surface area contributed by atoms with Crippen LogP contribution in [0.4, 0.5) is 0 Å². The maximum absolute atomic E-state index is 12.4. The molecule has 0 unspecified atom stereocenters. The van der Waals surface area contributed by atoms with E-state index >= 15 is 0 Å². The van der Waals surface area contributed by atoms with E-state index in [-0.39, 0.29) is 38.3 Å². The Balaban J connectivity index is 1.61. The molecular formula is C22H43N7O11. The molecule has 2 aliphatic heterocycles. The van der Waals surface area contributed by atoms with Crippen molar-refractivity contribution < 1.29 is 54.4 Å². The molecule has 1 saturated carbocycles. The van der Waals surface area contributed by atoms with Crippen LogP contribution in [-0.4, -0.2) is 148 Å². The highest BCUT2D eigenvalue weighted by atomic mass is 16.7. The number of aliphatic hydroxyl groups excluding tert-OH is 6. The number of carbonyl (C=O) groups is 1. The van der Waals surface area contributed by atoms with Crippen molar-refractivity contribution in [2.45, 2.75) is 105 Å². The molecule has 0 aromatic carbocycles. The molecule has 18 heteroatoms. The Hall–Kier alpha value is -1.78. The van der Waals surface area contributed by atoms with Gasteiger partial charge in [0.25, 0.3) is 0 Å². The van der Waals surface area contributed by atoms with E-state index in [9.17, 15) is 35.4 Å². The molecule has 14 atom stereocenters. The Kier molecular flexibility index (Phi) is 11.8. The number of hydrogen-bond donors (Lipinski definition) is 13. The average molecular weight is 582 g/mol. The number of amides is 1. The molecule has 0 bridgehead atoms. The van der Waals surface area contributed by atoms with E-state index in [4.69, 9.17) is 47.3 Å². The number of guanidine groups is 1. The summed E-state index contributed by atoms with van der Waals surface area (Å²) >= 11 is 0. The van der Waals surface area contributed by atoms with Crippen molar-refractivity contribution in [3.05, 3.63) is 0 Å². The van der Waals surface area contributed by atoms with Gasteiger partial charge in [-0.3, -0.25) is 10.2 Å². The number of aliphatic hydroxyl groups is 6. The average Bonchev–Trinajstić information content (AvgIpc) is 3.20. The zero-order valence-corrected chi connectivity index (χ0v) is 21.9. The number of nitrogens with two attached hydrogens (primary N) is 4. The number of nitrogens with one attached hydrogen (secondary N) is 3. The highest BCUT2D eigenvalue weighted by Crippen LogP contribution is 2.32. The molecule has 1 amide bonds. The van der Waals surface area contributed by atoms with Gasteiger partial charge >= 0.3 is 0 Å². The number of rotatable bonds is 11. The van der Waals surface area contributed by atoms with Gasteiger partial charge in [-0.2, -0.15) is 0 Å². The molecule has 2 saturated heterocycles. The van der Waals surface area contributed by atoms with Crippen LogP contribution >= 0.6 is 0 Å². The van der Waals surface area contributed by atoms with Crippen molar-refractivity contribution in [3.63, 3.8) is 0 Å². The first-order chi connectivity index (χ1) is 18.9. The lowest BCUT2D eigenvalue weighted by molar-refractivity contribution is -0.280. The van der Waals surface area contributed by atoms with E-state index < -0.39 is 98.2 Å². The Labute approximate surface area is 230 Å². The van der Waals surface area contributed by atoms with Crippen LogP contribution in [0.1, 0.15) is 19.3 Å². The minimum absolute atomic E-state index is 0.0391. The van der Waals surface area contributed by atoms with Crippen LogP contribution in [-0.2, 0) is 23.7 Å². The van der Waals surface area contributed by atoms with E-state index in [1.807, 2.05) is 0 Å². The van der Waals surface area contributed by atoms with Crippen molar-refractivity contribution in [1.29, 1.82) is 5.41 Å². The standard InChI is InChI=1S/C22H43N7O11/c23-5-11-15(33)16(34)13(25)20(38-11)40-18-12(6-30)39-21(17(18)35)37-10-4-7(24)3-8(14(10)32)29-19(36)9(31)1-2-28-22(26)27/h7-18,20-21,30-35H,1-6,23-25H2,(H,29,36)(H4,26,27,28)/t7-,8+,9-,10-,11-,12+,13+,14-,15+,16+,17+,18+,20+,21+/m0/s1. The summed E-state index contributed by atoms with van der Waals surface area (Å²) in [6, 6.07) is -2.63. The zero-order valence-electron chi connectivity index (χ0n) is 21.9. The maximum Gasteiger partial charge on any atom is 0.249 e. The summed E-state index contributed by atoms with van der Waals surface area (Å²) in [6.07, 6.45) is -13.8. The lowest BCUT2D eigenvalue weighted by atomic mass is 9.86. The van der Waals surface area contributed by atoms with Crippen LogP contribution in [0, 0.1) is 5.41 Å². The largest absolute Gasteiger partial charge is 0.394 e. The minimum atomic E-state index is -1.51. The molecule has 3 fully saturated rings. The quantitative estimate of drug-likeness (QED) is 0.0795. The predicted octanol–water partition coefficient (Wildman–Crippen LogP) is -7.23. The highest BCUT2D eigenvalue weighted by molar-refractivity contribution is 5.81. The molecule has 232 valence electrons. The first kappa shape index (κ1) is 32.7. The summed E-state index contributed by atoms with van der Waals surface area (Å²) < 4.78 is 22.8. The second-order valence-electron chi connectivity index (χ2n) is 10.3. The lowest BCUT2D eigenvalue weighted by Gasteiger charge is -2.42. The molecule has 3 rings (SSSR count). The van der Waals surface area contributed by atoms with Crippen LogP contribution in [0.5, 0.6) is 0 Å². The van der Waals surface area contributed by atoms with Crippen molar-refractivity contribution in [2.75, 3.05) is 19.7 Å². The minimum Gasteiger partial charge on any atom is -0.394 e. The molecular weight excluding hydrogens is 538 g/mol. The van der Waals surface area contributed by atoms with E-state index in [2.05, 4.69) is 10.6 Å². The van der Waals surface area contributed by atoms with Gasteiger partial charge in [0.1, 0.15) is 48.8 Å². The number of ether oxygens (including phenoxy) is 4. The van der Waals surface area contributed by atoms with Crippen molar-refractivity contribution in [3.8, 4) is 0 Å². The second-order valence-corrected chi connectivity index (χ2v) is 10.3. The van der Waals surface area contributed by atoms with Crippen molar-refractivity contribution in [2.24, 2.45) is 22.9 Å². The zero-order chi connectivity index (χ0) is 29.7. The normalized spacial score (nSPS) is 42.8. The van der Waals surface area contributed by atoms with Gasteiger partial charge in [0.15, 0.2) is 18.5 Å². The van der Waals surface area contributed by atoms with E-state index in [0.717, 1.165) is 0 Å². The fourth-order valence-corrected chi connectivity index (χ4v) is 5.02. The molecule has 40 heavy (non-hydrogen) atoms. The van der Waals surface area contributed by atoms with Crippen LogP contribution in [0.2, 0.25) is 0 Å². The molecule has 0 spiro atoms. The molecule has 1 aliphatic carbocycles. The van der Waals surface area contributed by atoms with Gasteiger partial charge in [-0.15, -0.1) is 0 Å². The fourth-order valence-electron chi connectivity index (χ4n) is 5.02. The van der Waals surface area contributed by atoms with Crippen LogP contribution in [0.15, 0.2) is 0 Å². The van der Waals surface area contributed by atoms with E-state index in [1.54, 1.807) is 0 Å². The first-order valence-electron chi connectivity index (χ1n) is 13.1. The summed E-state index contributed by atoms with van der Waals surface area (Å²) in [5, 5.41) is 74.2. The molecule has 0 radical (unpaired) electrons. The summed E-state index contributed by atoms with van der Waals surface area (Å²) in [5.74, 6) is -1.07. The molecule has 18 nitrogen and oxygen atoms in total. The van der Waals surface area contributed by atoms with E-state index in [0.29, 0.717) is 0 Å². The van der Waals surface area contributed by atoms with Gasteiger partial charge < -0.3 is 83.2 Å². The number of hydrogen-bond acceptors (Lipinski definition) is 15. The monoisotopic (exact) mass is 581 g/mol. The third-order valence-electron chi connectivity index (χ3n) is 7.30. The van der Waals surface area contributed by atoms with Crippen molar-refractivity contribution >= 4 is 11.9 Å². The van der Waals surface area contributed by atoms with Crippen LogP contribution < -0.4 is 33.6 Å². The predicted molar refractivity (Wildman–Crippen MR) is 135 cm³/mol. The maximum atomic E-state index is 12.4. The van der Waals surface area contributed by atoms with Gasteiger partial charge in [0.05, 0.1) is 24.8 Å². The van der Waals surface area contributed by atoms with Crippen LogP contribution in [0.3, 0.4) is 0 Å². The smallest absolute Gasteiger partial charge is 0.249 e. The lowest BCUT2D eigenvalue weighted by Crippen LogP contribution is -2.64. The summed E-state index contributed by atoms with van der Waals surface area (Å²) in [4.78, 5) is 12.4. The van der Waals surface area contributed by atoms with Gasteiger partial charge in [-0.1, -0.05) is 0 Å². The molecule has 0 aromatic rings. The van der Waals surface area contributed by atoms with Gasteiger partial charge in [0.2, 0.25) is 5.91 Å². The second kappa shape index (κ2) is 14.4. The van der Waals surface area contributed by atoms with Gasteiger partial charge in [0, 0.05) is 19.1 Å². The third kappa shape index (κ3) is 7.73. The Bertz CT molecular complexity index is 845. The van der Waals surface area contributed by atoms with Crippen molar-refractivity contribution in [1.82, 2.24) is 10.6 Å². The van der Waals surface area contributed by atoms with Gasteiger partial charge in [-0.05, 0) is 19.3 Å². The van der Waals surface area contributed by atoms with Crippen LogP contribution in [0.25, 0.3) is 0 Å². The SMILES string of the molecule is N=C(N)NCC[C@H](O)C(=O)N[C@@H]1C[C@H](N)C[C@H](O[C@@H]2O[C@H](CO)[C@@H](O[C@H]3O[C@@H](CN)[C@@H](O)[C@H](O)[C@H]3N)[C@H]2O)[C@H]1O. The first-order valence-corrected chi connectivity index (χ1v) is 13.1. The van der Waals surface area contributed by atoms with E-state index in [1.165, 1.54) is 0 Å². The Morgan fingerprint density at radius 2 is 1.68 bits per heavy atom. The summed E-state index contributed by atoms with van der Waals surface area (Å²) in [6.45, 7) is -0.665. The highest BCUT2D eigenvalue weighted by Gasteiger charge is 2.51. The third-order valence-corrected chi connectivity index (χ3v) is 7.30. The van der Waals surface area contributed by atoms with Gasteiger partial charge in [-0.25, -0.2) is 0 Å². The summed E-state index contributed by atoms with van der Waals surface area (Å²) in [7, 11) is 0. The summed E-state index contributed by atoms with van der Waals surface area (Å²) in [5.41, 5.74) is 22.8. The molecule has 3 aliphatic rings. The molecule has 2 heterocycles. The fraction of sp³-hybridized carbons (Fsp3) is 0.909.